The fourth-order valence-corrected chi connectivity index (χ4v) is 4.75. The molecule has 1 aliphatic heterocycles. The summed E-state index contributed by atoms with van der Waals surface area (Å²) in [5.74, 6) is 0.500. The lowest BCUT2D eigenvalue weighted by Crippen LogP contribution is -2.48. The van der Waals surface area contributed by atoms with E-state index in [-0.39, 0.29) is 24.3 Å². The van der Waals surface area contributed by atoms with Crippen LogP contribution in [0.25, 0.3) is 11.5 Å². The van der Waals surface area contributed by atoms with E-state index in [0.717, 1.165) is 31.2 Å². The molecule has 4 rings (SSSR count). The molecule has 1 amide bonds. The summed E-state index contributed by atoms with van der Waals surface area (Å²) in [5, 5.41) is 0. The van der Waals surface area contributed by atoms with Crippen LogP contribution in [0.1, 0.15) is 58.6 Å². The number of oxazole rings is 1. The van der Waals surface area contributed by atoms with E-state index >= 15 is 0 Å². The van der Waals surface area contributed by atoms with Gasteiger partial charge in [-0.15, -0.1) is 0 Å². The minimum absolute atomic E-state index is 0.0758. The van der Waals surface area contributed by atoms with E-state index in [0.29, 0.717) is 23.9 Å². The first-order valence-corrected chi connectivity index (χ1v) is 10.9. The number of ether oxygens (including phenoxy) is 1. The Bertz CT molecular complexity index is 899. The molecule has 30 heavy (non-hydrogen) atoms. The van der Waals surface area contributed by atoms with Gasteiger partial charge in [-0.1, -0.05) is 31.0 Å². The molecule has 0 radical (unpaired) electrons. The quantitative estimate of drug-likeness (QED) is 0.699. The molecular formula is C24H30N2O4. The second-order valence-corrected chi connectivity index (χ2v) is 9.38. The van der Waals surface area contributed by atoms with Crippen LogP contribution in [0.2, 0.25) is 0 Å². The summed E-state index contributed by atoms with van der Waals surface area (Å²) in [6.45, 7) is 5.58. The van der Waals surface area contributed by atoms with Crippen molar-refractivity contribution in [3.8, 4) is 11.5 Å². The minimum atomic E-state index is -0.573. The van der Waals surface area contributed by atoms with Gasteiger partial charge in [0.15, 0.2) is 0 Å². The Balaban J connectivity index is 1.52. The largest absolute Gasteiger partial charge is 0.458 e. The Hall–Kier alpha value is -2.63. The summed E-state index contributed by atoms with van der Waals surface area (Å²) in [6.07, 6.45) is 6.62. The summed E-state index contributed by atoms with van der Waals surface area (Å²) in [6, 6.07) is 9.22. The van der Waals surface area contributed by atoms with Crippen molar-refractivity contribution in [2.45, 2.75) is 77.0 Å². The van der Waals surface area contributed by atoms with Gasteiger partial charge in [0.2, 0.25) is 11.8 Å². The maximum atomic E-state index is 13.3. The van der Waals surface area contributed by atoms with E-state index in [1.807, 2.05) is 51.1 Å². The highest BCUT2D eigenvalue weighted by Crippen LogP contribution is 2.40. The maximum absolute atomic E-state index is 13.3. The van der Waals surface area contributed by atoms with Gasteiger partial charge in [0.25, 0.3) is 0 Å². The van der Waals surface area contributed by atoms with Crippen molar-refractivity contribution >= 4 is 11.9 Å². The number of hydrogen-bond donors (Lipinski definition) is 0. The van der Waals surface area contributed by atoms with E-state index < -0.39 is 11.6 Å². The van der Waals surface area contributed by atoms with Crippen LogP contribution in [0.15, 0.2) is 41.0 Å². The average molecular weight is 411 g/mol. The van der Waals surface area contributed by atoms with Crippen LogP contribution in [0.3, 0.4) is 0 Å². The molecule has 6 heteroatoms. The van der Waals surface area contributed by atoms with Gasteiger partial charge >= 0.3 is 5.97 Å². The zero-order chi connectivity index (χ0) is 21.3. The number of likely N-dealkylation sites (tertiary alicyclic amines) is 1. The topological polar surface area (TPSA) is 72.6 Å². The normalized spacial score (nSPS) is 23.8. The van der Waals surface area contributed by atoms with E-state index in [1.165, 1.54) is 6.26 Å². The van der Waals surface area contributed by atoms with Gasteiger partial charge in [0.05, 0.1) is 12.1 Å². The highest BCUT2D eigenvalue weighted by atomic mass is 16.6. The highest BCUT2D eigenvalue weighted by molar-refractivity contribution is 5.87. The van der Waals surface area contributed by atoms with Crippen molar-refractivity contribution in [3.63, 3.8) is 0 Å². The van der Waals surface area contributed by atoms with Gasteiger partial charge in [-0.25, -0.2) is 9.78 Å². The first kappa shape index (κ1) is 20.6. The molecule has 1 aromatic heterocycles. The number of carbonyl (C=O) groups excluding carboxylic acids is 2. The van der Waals surface area contributed by atoms with Crippen molar-refractivity contribution in [2.24, 2.45) is 5.92 Å². The second kappa shape index (κ2) is 8.25. The Kier molecular flexibility index (Phi) is 5.67. The molecule has 2 fully saturated rings. The standard InChI is InChI=1S/C24H30N2O4/c1-24(2,3)30-23(28)20-13-17-11-7-8-12-19(17)26(20)21(27)14-18-15-29-22(25-18)16-9-5-4-6-10-16/h4-6,9-10,15,17,19-20H,7-8,11-14H2,1-3H3/t17-,19-,20+/m1/s1. The van der Waals surface area contributed by atoms with Crippen LogP contribution < -0.4 is 0 Å². The molecule has 1 saturated carbocycles. The molecule has 2 aromatic rings. The predicted molar refractivity (Wildman–Crippen MR) is 112 cm³/mol. The molecule has 0 unspecified atom stereocenters. The van der Waals surface area contributed by atoms with Gasteiger partial charge in [0.1, 0.15) is 17.9 Å². The van der Waals surface area contributed by atoms with Gasteiger partial charge in [0, 0.05) is 11.6 Å². The van der Waals surface area contributed by atoms with Crippen LogP contribution in [0.5, 0.6) is 0 Å². The number of rotatable bonds is 4. The van der Waals surface area contributed by atoms with Crippen molar-refractivity contribution in [1.29, 1.82) is 0 Å². The molecule has 2 heterocycles. The third-order valence-corrected chi connectivity index (χ3v) is 5.96. The summed E-state index contributed by atoms with van der Waals surface area (Å²) in [5.41, 5.74) is 0.883. The molecule has 1 aromatic carbocycles. The zero-order valence-corrected chi connectivity index (χ0v) is 18.0. The van der Waals surface area contributed by atoms with Gasteiger partial charge < -0.3 is 14.1 Å². The SMILES string of the molecule is CC(C)(C)OC(=O)[C@@H]1C[C@H]2CCCC[C@H]2N1C(=O)Cc1coc(-c2ccccc2)n1. The smallest absolute Gasteiger partial charge is 0.329 e. The van der Waals surface area contributed by atoms with Crippen LogP contribution >= 0.6 is 0 Å². The van der Waals surface area contributed by atoms with Crippen LogP contribution in [-0.4, -0.2) is 39.4 Å². The van der Waals surface area contributed by atoms with Gasteiger partial charge in [-0.2, -0.15) is 0 Å². The summed E-state index contributed by atoms with van der Waals surface area (Å²) < 4.78 is 11.2. The van der Waals surface area contributed by atoms with Crippen molar-refractivity contribution < 1.29 is 18.7 Å². The lowest BCUT2D eigenvalue weighted by atomic mass is 9.84. The summed E-state index contributed by atoms with van der Waals surface area (Å²) >= 11 is 0. The lowest BCUT2D eigenvalue weighted by molar-refractivity contribution is -0.164. The fraction of sp³-hybridized carbons (Fsp3) is 0.542. The third-order valence-electron chi connectivity index (χ3n) is 5.96. The van der Waals surface area contributed by atoms with Gasteiger partial charge in [-0.05, 0) is 58.1 Å². The molecule has 0 N–H and O–H groups in total. The number of esters is 1. The van der Waals surface area contributed by atoms with Crippen molar-refractivity contribution in [3.05, 3.63) is 42.3 Å². The van der Waals surface area contributed by atoms with Crippen molar-refractivity contribution in [2.75, 3.05) is 0 Å². The Labute approximate surface area is 177 Å². The first-order chi connectivity index (χ1) is 14.3. The van der Waals surface area contributed by atoms with E-state index in [2.05, 4.69) is 4.98 Å². The predicted octanol–water partition coefficient (Wildman–Crippen LogP) is 4.39. The van der Waals surface area contributed by atoms with Crippen LogP contribution in [0, 0.1) is 5.92 Å². The van der Waals surface area contributed by atoms with E-state index in [9.17, 15) is 9.59 Å². The Morgan fingerprint density at radius 1 is 1.17 bits per heavy atom. The summed E-state index contributed by atoms with van der Waals surface area (Å²) in [7, 11) is 0. The maximum Gasteiger partial charge on any atom is 0.329 e. The van der Waals surface area contributed by atoms with Crippen LogP contribution in [0.4, 0.5) is 0 Å². The van der Waals surface area contributed by atoms with Crippen molar-refractivity contribution in [1.82, 2.24) is 9.88 Å². The number of benzene rings is 1. The Morgan fingerprint density at radius 3 is 2.63 bits per heavy atom. The Morgan fingerprint density at radius 2 is 1.90 bits per heavy atom. The van der Waals surface area contributed by atoms with E-state index in [1.54, 1.807) is 4.90 Å². The molecule has 160 valence electrons. The third kappa shape index (κ3) is 4.42. The lowest BCUT2D eigenvalue weighted by Gasteiger charge is -2.34. The first-order valence-electron chi connectivity index (χ1n) is 10.9. The molecule has 3 atom stereocenters. The number of fused-ring (bicyclic) bond motifs is 1. The van der Waals surface area contributed by atoms with Gasteiger partial charge in [-0.3, -0.25) is 4.79 Å². The summed E-state index contributed by atoms with van der Waals surface area (Å²) in [4.78, 5) is 32.5. The number of aromatic nitrogens is 1. The number of hydrogen-bond acceptors (Lipinski definition) is 5. The van der Waals surface area contributed by atoms with E-state index in [4.69, 9.17) is 9.15 Å². The highest BCUT2D eigenvalue weighted by Gasteiger charge is 2.48. The molecule has 0 spiro atoms. The molecule has 1 saturated heterocycles. The monoisotopic (exact) mass is 410 g/mol. The molecule has 1 aliphatic carbocycles. The average Bonchev–Trinajstić information content (AvgIpc) is 3.32. The van der Waals surface area contributed by atoms with Crippen LogP contribution in [-0.2, 0) is 20.7 Å². The molecular weight excluding hydrogens is 380 g/mol. The molecule has 2 aliphatic rings. The number of nitrogens with zero attached hydrogens (tertiary/aromatic N) is 2. The second-order valence-electron chi connectivity index (χ2n) is 9.38. The number of carbonyl (C=O) groups is 2. The molecule has 0 bridgehead atoms. The zero-order valence-electron chi connectivity index (χ0n) is 18.0. The molecule has 6 nitrogen and oxygen atoms in total. The number of amides is 1. The minimum Gasteiger partial charge on any atom is -0.458 e. The fourth-order valence-electron chi connectivity index (χ4n) is 4.75.